The lowest BCUT2D eigenvalue weighted by Crippen LogP contribution is -2.35. The fourth-order valence-corrected chi connectivity index (χ4v) is 3.34. The summed E-state index contributed by atoms with van der Waals surface area (Å²) in [6, 6.07) is 3.29. The number of nitrogens with one attached hydrogen (secondary N) is 2. The summed E-state index contributed by atoms with van der Waals surface area (Å²) in [7, 11) is 1.48. The molecule has 134 valence electrons. The first-order valence-electron chi connectivity index (χ1n) is 8.86. The van der Waals surface area contributed by atoms with Gasteiger partial charge in [0, 0.05) is 23.4 Å². The van der Waals surface area contributed by atoms with Crippen molar-refractivity contribution in [2.45, 2.75) is 51.0 Å². The maximum absolute atomic E-state index is 13.5. The van der Waals surface area contributed by atoms with Crippen molar-refractivity contribution in [2.75, 3.05) is 7.11 Å². The maximum Gasteiger partial charge on any atom is 0.267 e. The second-order valence-corrected chi connectivity index (χ2v) is 6.53. The summed E-state index contributed by atoms with van der Waals surface area (Å²) in [5.74, 6) is -0.245. The standard InChI is InChI=1S/C19H24FN3O2/c1-25-19-16(10-14(20)12-22-19)13-9-17(21-11-13)18(24)23-15-7-5-3-2-4-6-8-15/h9-12,15,21H,2-8H2,1H3,(H,23,24). The highest BCUT2D eigenvalue weighted by atomic mass is 19.1. The first kappa shape index (κ1) is 17.5. The maximum atomic E-state index is 13.5. The highest BCUT2D eigenvalue weighted by molar-refractivity contribution is 5.94. The number of pyridine rings is 1. The molecule has 0 aliphatic heterocycles. The van der Waals surface area contributed by atoms with Gasteiger partial charge in [-0.25, -0.2) is 9.37 Å². The van der Waals surface area contributed by atoms with Gasteiger partial charge >= 0.3 is 0 Å². The van der Waals surface area contributed by atoms with Crippen LogP contribution in [0.25, 0.3) is 11.1 Å². The van der Waals surface area contributed by atoms with Gasteiger partial charge in [0.25, 0.3) is 5.91 Å². The van der Waals surface area contributed by atoms with E-state index in [1.165, 1.54) is 32.4 Å². The molecule has 6 heteroatoms. The first-order chi connectivity index (χ1) is 12.2. The zero-order valence-electron chi connectivity index (χ0n) is 14.5. The van der Waals surface area contributed by atoms with Gasteiger partial charge in [0.05, 0.1) is 13.3 Å². The van der Waals surface area contributed by atoms with Crippen LogP contribution in [0, 0.1) is 5.82 Å². The third-order valence-electron chi connectivity index (χ3n) is 4.69. The fraction of sp³-hybridized carbons (Fsp3) is 0.474. The van der Waals surface area contributed by atoms with Crippen LogP contribution in [0.4, 0.5) is 4.39 Å². The van der Waals surface area contributed by atoms with E-state index in [0.29, 0.717) is 22.7 Å². The minimum absolute atomic E-state index is 0.125. The van der Waals surface area contributed by atoms with Gasteiger partial charge in [-0.15, -0.1) is 0 Å². The molecule has 25 heavy (non-hydrogen) atoms. The lowest BCUT2D eigenvalue weighted by molar-refractivity contribution is 0.0926. The second-order valence-electron chi connectivity index (χ2n) is 6.53. The van der Waals surface area contributed by atoms with Gasteiger partial charge < -0.3 is 15.0 Å². The van der Waals surface area contributed by atoms with Crippen molar-refractivity contribution in [3.05, 3.63) is 36.0 Å². The highest BCUT2D eigenvalue weighted by Gasteiger charge is 2.18. The van der Waals surface area contributed by atoms with Gasteiger partial charge in [0.1, 0.15) is 11.5 Å². The Balaban J connectivity index is 1.72. The summed E-state index contributed by atoms with van der Waals surface area (Å²) in [5, 5.41) is 3.12. The molecule has 2 N–H and O–H groups in total. The molecule has 1 aliphatic carbocycles. The number of amides is 1. The van der Waals surface area contributed by atoms with Crippen LogP contribution in [0.5, 0.6) is 5.88 Å². The third kappa shape index (κ3) is 4.38. The number of halogens is 1. The molecule has 2 aromatic heterocycles. The Morgan fingerprint density at radius 1 is 1.24 bits per heavy atom. The van der Waals surface area contributed by atoms with E-state index in [9.17, 15) is 9.18 Å². The highest BCUT2D eigenvalue weighted by Crippen LogP contribution is 2.29. The van der Waals surface area contributed by atoms with Crippen molar-refractivity contribution in [3.8, 4) is 17.0 Å². The average Bonchev–Trinajstić information content (AvgIpc) is 3.07. The molecule has 1 fully saturated rings. The van der Waals surface area contributed by atoms with Crippen molar-refractivity contribution in [3.63, 3.8) is 0 Å². The van der Waals surface area contributed by atoms with Gasteiger partial charge in [-0.1, -0.05) is 32.1 Å². The zero-order chi connectivity index (χ0) is 17.6. The third-order valence-corrected chi connectivity index (χ3v) is 4.69. The molecule has 1 aliphatic rings. The number of nitrogens with zero attached hydrogens (tertiary/aromatic N) is 1. The lowest BCUT2D eigenvalue weighted by Gasteiger charge is -2.20. The predicted molar refractivity (Wildman–Crippen MR) is 94.1 cm³/mol. The van der Waals surface area contributed by atoms with Crippen LogP contribution in [-0.4, -0.2) is 29.0 Å². The quantitative estimate of drug-likeness (QED) is 0.878. The summed E-state index contributed by atoms with van der Waals surface area (Å²) < 4.78 is 18.7. The van der Waals surface area contributed by atoms with Crippen LogP contribution in [-0.2, 0) is 0 Å². The SMILES string of the molecule is COc1ncc(F)cc1-c1c[nH]c(C(=O)NC2CCCCCCC2)c1. The number of ether oxygens (including phenoxy) is 1. The normalized spacial score (nSPS) is 16.1. The summed E-state index contributed by atoms with van der Waals surface area (Å²) in [6.07, 6.45) is 10.9. The van der Waals surface area contributed by atoms with E-state index in [4.69, 9.17) is 4.74 Å². The molecule has 1 amide bonds. The number of hydrogen-bond donors (Lipinski definition) is 2. The van der Waals surface area contributed by atoms with Gasteiger partial charge in [-0.05, 0) is 25.0 Å². The molecule has 5 nitrogen and oxygen atoms in total. The van der Waals surface area contributed by atoms with Gasteiger partial charge in [-0.2, -0.15) is 0 Å². The van der Waals surface area contributed by atoms with Crippen LogP contribution in [0.2, 0.25) is 0 Å². The summed E-state index contributed by atoms with van der Waals surface area (Å²) in [6.45, 7) is 0. The van der Waals surface area contributed by atoms with E-state index in [1.807, 2.05) is 0 Å². The molecule has 0 saturated heterocycles. The first-order valence-corrected chi connectivity index (χ1v) is 8.86. The predicted octanol–water partition coefficient (Wildman–Crippen LogP) is 4.07. The van der Waals surface area contributed by atoms with Crippen molar-refractivity contribution in [2.24, 2.45) is 0 Å². The Morgan fingerprint density at radius 2 is 1.96 bits per heavy atom. The molecule has 3 rings (SSSR count). The minimum atomic E-state index is -0.447. The molecule has 0 aromatic carbocycles. The van der Waals surface area contributed by atoms with Crippen molar-refractivity contribution in [1.29, 1.82) is 0 Å². The number of carbonyl (C=O) groups excluding carboxylic acids is 1. The average molecular weight is 345 g/mol. The van der Waals surface area contributed by atoms with Crippen LogP contribution in [0.3, 0.4) is 0 Å². The Morgan fingerprint density at radius 3 is 2.68 bits per heavy atom. The van der Waals surface area contributed by atoms with Crippen molar-refractivity contribution in [1.82, 2.24) is 15.3 Å². The molecular weight excluding hydrogens is 321 g/mol. The van der Waals surface area contributed by atoms with E-state index in [-0.39, 0.29) is 11.9 Å². The van der Waals surface area contributed by atoms with Crippen LogP contribution >= 0.6 is 0 Å². The number of carbonyl (C=O) groups is 1. The lowest BCUT2D eigenvalue weighted by atomic mass is 9.96. The summed E-state index contributed by atoms with van der Waals surface area (Å²) in [5.41, 5.74) is 1.65. The molecule has 2 aromatic rings. The Kier molecular flexibility index (Phi) is 5.68. The Labute approximate surface area is 147 Å². The van der Waals surface area contributed by atoms with Crippen LogP contribution < -0.4 is 10.1 Å². The molecule has 0 unspecified atom stereocenters. The Bertz CT molecular complexity index is 721. The number of methoxy groups -OCH3 is 1. The van der Waals surface area contributed by atoms with Gasteiger partial charge in [-0.3, -0.25) is 4.79 Å². The number of rotatable bonds is 4. The largest absolute Gasteiger partial charge is 0.481 e. The second kappa shape index (κ2) is 8.14. The number of hydrogen-bond acceptors (Lipinski definition) is 3. The van der Waals surface area contributed by atoms with E-state index < -0.39 is 5.82 Å². The van der Waals surface area contributed by atoms with E-state index in [1.54, 1.807) is 12.3 Å². The molecule has 1 saturated carbocycles. The fourth-order valence-electron chi connectivity index (χ4n) is 3.34. The number of aromatic amines is 1. The van der Waals surface area contributed by atoms with Crippen LogP contribution in [0.1, 0.15) is 55.4 Å². The molecule has 0 radical (unpaired) electrons. The molecule has 0 atom stereocenters. The number of H-pyrrole nitrogens is 1. The molecule has 0 spiro atoms. The monoisotopic (exact) mass is 345 g/mol. The van der Waals surface area contributed by atoms with Crippen LogP contribution in [0.15, 0.2) is 24.5 Å². The number of aromatic nitrogens is 2. The van der Waals surface area contributed by atoms with E-state index in [0.717, 1.165) is 31.9 Å². The topological polar surface area (TPSA) is 67.0 Å². The van der Waals surface area contributed by atoms with E-state index in [2.05, 4.69) is 15.3 Å². The van der Waals surface area contributed by atoms with Gasteiger partial charge in [0.2, 0.25) is 5.88 Å². The molecule has 0 bridgehead atoms. The van der Waals surface area contributed by atoms with E-state index >= 15 is 0 Å². The molecule has 2 heterocycles. The molecular formula is C19H24FN3O2. The minimum Gasteiger partial charge on any atom is -0.481 e. The van der Waals surface area contributed by atoms with Crippen molar-refractivity contribution < 1.29 is 13.9 Å². The summed E-state index contributed by atoms with van der Waals surface area (Å²) in [4.78, 5) is 19.4. The summed E-state index contributed by atoms with van der Waals surface area (Å²) >= 11 is 0. The van der Waals surface area contributed by atoms with Crippen molar-refractivity contribution >= 4 is 5.91 Å². The Hall–Kier alpha value is -2.37. The zero-order valence-corrected chi connectivity index (χ0v) is 14.5. The smallest absolute Gasteiger partial charge is 0.267 e. The van der Waals surface area contributed by atoms with Gasteiger partial charge in [0.15, 0.2) is 0 Å².